The van der Waals surface area contributed by atoms with E-state index in [1.165, 1.54) is 0 Å². The third-order valence-corrected chi connectivity index (χ3v) is 3.27. The zero-order chi connectivity index (χ0) is 14.5. The fourth-order valence-corrected chi connectivity index (χ4v) is 1.86. The molecule has 2 N–H and O–H groups in total. The van der Waals surface area contributed by atoms with Crippen LogP contribution >= 0.6 is 11.6 Å². The van der Waals surface area contributed by atoms with E-state index in [0.717, 1.165) is 5.69 Å². The minimum absolute atomic E-state index is 0.196. The van der Waals surface area contributed by atoms with Gasteiger partial charge in [0.15, 0.2) is 0 Å². The van der Waals surface area contributed by atoms with Crippen LogP contribution in [-0.4, -0.2) is 16.0 Å². The second-order valence-electron chi connectivity index (χ2n) is 4.33. The van der Waals surface area contributed by atoms with Crippen LogP contribution in [0.25, 0.3) is 0 Å². The van der Waals surface area contributed by atoms with Gasteiger partial charge in [-0.15, -0.1) is 0 Å². The highest BCUT2D eigenvalue weighted by Crippen LogP contribution is 2.23. The monoisotopic (exact) mass is 290 g/mol. The van der Waals surface area contributed by atoms with Gasteiger partial charge in [-0.1, -0.05) is 17.7 Å². The van der Waals surface area contributed by atoms with E-state index in [2.05, 4.69) is 20.6 Å². The normalized spacial score (nSPS) is 11.8. The maximum atomic E-state index is 11.9. The van der Waals surface area contributed by atoms with Gasteiger partial charge < -0.3 is 10.6 Å². The minimum Gasteiger partial charge on any atom is -0.330 e. The summed E-state index contributed by atoms with van der Waals surface area (Å²) in [5.74, 6) is 0. The van der Waals surface area contributed by atoms with Crippen LogP contribution in [0.1, 0.15) is 24.4 Å². The van der Waals surface area contributed by atoms with Crippen LogP contribution in [0.15, 0.2) is 36.7 Å². The smallest absolute Gasteiger partial charge is 0.319 e. The van der Waals surface area contributed by atoms with Crippen molar-refractivity contribution in [3.05, 3.63) is 53.1 Å². The van der Waals surface area contributed by atoms with Gasteiger partial charge in [0, 0.05) is 12.4 Å². The van der Waals surface area contributed by atoms with Crippen LogP contribution in [-0.2, 0) is 0 Å². The molecule has 1 atom stereocenters. The molecule has 2 rings (SSSR count). The predicted octanol–water partition coefficient (Wildman–Crippen LogP) is 3.32. The topological polar surface area (TPSA) is 66.9 Å². The Bertz CT molecular complexity index is 603. The summed E-state index contributed by atoms with van der Waals surface area (Å²) in [5.41, 5.74) is 1.99. The fourth-order valence-electron chi connectivity index (χ4n) is 1.71. The largest absolute Gasteiger partial charge is 0.330 e. The van der Waals surface area contributed by atoms with E-state index in [0.29, 0.717) is 16.4 Å². The van der Waals surface area contributed by atoms with Crippen LogP contribution in [0, 0.1) is 6.92 Å². The molecule has 20 heavy (non-hydrogen) atoms. The second-order valence-corrected chi connectivity index (χ2v) is 4.71. The maximum absolute atomic E-state index is 11.9. The van der Waals surface area contributed by atoms with Gasteiger partial charge in [-0.25, -0.2) is 4.79 Å². The summed E-state index contributed by atoms with van der Waals surface area (Å²) in [6, 6.07) is 6.68. The van der Waals surface area contributed by atoms with E-state index in [9.17, 15) is 4.79 Å². The molecule has 0 radical (unpaired) electrons. The molecule has 0 aliphatic heterocycles. The highest BCUT2D eigenvalue weighted by atomic mass is 35.5. The molecular formula is C14H15ClN4O. The van der Waals surface area contributed by atoms with Crippen molar-refractivity contribution < 1.29 is 4.79 Å². The lowest BCUT2D eigenvalue weighted by atomic mass is 10.2. The molecule has 1 unspecified atom stereocenters. The molecular weight excluding hydrogens is 276 g/mol. The number of carbonyl (C=O) groups excluding carboxylic acids is 1. The van der Waals surface area contributed by atoms with Crippen molar-refractivity contribution in [2.24, 2.45) is 0 Å². The summed E-state index contributed by atoms with van der Waals surface area (Å²) >= 11 is 6.07. The van der Waals surface area contributed by atoms with Gasteiger partial charge in [0.05, 0.1) is 28.1 Å². The second kappa shape index (κ2) is 6.34. The van der Waals surface area contributed by atoms with Crippen molar-refractivity contribution in [3.8, 4) is 0 Å². The molecule has 0 aliphatic rings. The molecule has 5 nitrogen and oxygen atoms in total. The average Bonchev–Trinajstić information content (AvgIpc) is 2.45. The SMILES string of the molecule is Cc1nccc(NC(=O)NC(C)c2ccccn2)c1Cl. The van der Waals surface area contributed by atoms with Gasteiger partial charge in [-0.3, -0.25) is 9.97 Å². The Morgan fingerprint density at radius 1 is 1.25 bits per heavy atom. The lowest BCUT2D eigenvalue weighted by Crippen LogP contribution is -2.31. The zero-order valence-electron chi connectivity index (χ0n) is 11.2. The first-order chi connectivity index (χ1) is 9.58. The van der Waals surface area contributed by atoms with Gasteiger partial charge in [0.25, 0.3) is 0 Å². The fraction of sp³-hybridized carbons (Fsp3) is 0.214. The molecule has 0 bridgehead atoms. The quantitative estimate of drug-likeness (QED) is 0.911. The number of aromatic nitrogens is 2. The highest BCUT2D eigenvalue weighted by Gasteiger charge is 2.12. The molecule has 0 saturated carbocycles. The van der Waals surface area contributed by atoms with Crippen molar-refractivity contribution in [3.63, 3.8) is 0 Å². The van der Waals surface area contributed by atoms with E-state index in [1.807, 2.05) is 25.1 Å². The minimum atomic E-state index is -0.337. The first kappa shape index (κ1) is 14.3. The molecule has 2 aromatic heterocycles. The van der Waals surface area contributed by atoms with Crippen molar-refractivity contribution >= 4 is 23.3 Å². The van der Waals surface area contributed by atoms with Crippen LogP contribution in [0.4, 0.5) is 10.5 Å². The van der Waals surface area contributed by atoms with E-state index in [-0.39, 0.29) is 12.1 Å². The van der Waals surface area contributed by atoms with Crippen molar-refractivity contribution in [2.75, 3.05) is 5.32 Å². The molecule has 2 aromatic rings. The number of halogens is 1. The molecule has 0 aromatic carbocycles. The number of urea groups is 1. The number of hydrogen-bond donors (Lipinski definition) is 2. The standard InChI is InChI=1S/C14H15ClN4O/c1-9(11-5-3-4-7-17-11)18-14(20)19-12-6-8-16-10(2)13(12)15/h3-9H,1-2H3,(H2,16,18,19,20). The maximum Gasteiger partial charge on any atom is 0.319 e. The van der Waals surface area contributed by atoms with Crippen LogP contribution in [0.3, 0.4) is 0 Å². The van der Waals surface area contributed by atoms with E-state index < -0.39 is 0 Å². The first-order valence-electron chi connectivity index (χ1n) is 6.17. The number of amides is 2. The van der Waals surface area contributed by atoms with E-state index in [4.69, 9.17) is 11.6 Å². The summed E-state index contributed by atoms with van der Waals surface area (Å²) in [6.45, 7) is 3.64. The Morgan fingerprint density at radius 3 is 2.75 bits per heavy atom. The van der Waals surface area contributed by atoms with Crippen LogP contribution in [0.2, 0.25) is 5.02 Å². The van der Waals surface area contributed by atoms with E-state index in [1.54, 1.807) is 25.4 Å². The molecule has 104 valence electrons. The Labute approximate surface area is 122 Å². The molecule has 0 saturated heterocycles. The number of anilines is 1. The lowest BCUT2D eigenvalue weighted by molar-refractivity contribution is 0.249. The Morgan fingerprint density at radius 2 is 2.05 bits per heavy atom. The number of pyridine rings is 2. The van der Waals surface area contributed by atoms with Crippen molar-refractivity contribution in [2.45, 2.75) is 19.9 Å². The summed E-state index contributed by atoms with van der Waals surface area (Å²) in [5, 5.41) is 5.94. The van der Waals surface area contributed by atoms with E-state index >= 15 is 0 Å². The van der Waals surface area contributed by atoms with Crippen LogP contribution < -0.4 is 10.6 Å². The van der Waals surface area contributed by atoms with Gasteiger partial charge in [0.1, 0.15) is 0 Å². The number of aryl methyl sites for hydroxylation is 1. The van der Waals surface area contributed by atoms with Gasteiger partial charge in [-0.05, 0) is 32.0 Å². The van der Waals surface area contributed by atoms with Crippen molar-refractivity contribution in [1.29, 1.82) is 0 Å². The third kappa shape index (κ3) is 3.45. The number of hydrogen-bond acceptors (Lipinski definition) is 3. The highest BCUT2D eigenvalue weighted by molar-refractivity contribution is 6.34. The zero-order valence-corrected chi connectivity index (χ0v) is 12.0. The number of carbonyl (C=O) groups is 1. The first-order valence-corrected chi connectivity index (χ1v) is 6.55. The summed E-state index contributed by atoms with van der Waals surface area (Å²) < 4.78 is 0. The van der Waals surface area contributed by atoms with Gasteiger partial charge >= 0.3 is 6.03 Å². The molecule has 6 heteroatoms. The third-order valence-electron chi connectivity index (χ3n) is 2.79. The number of nitrogens with zero attached hydrogens (tertiary/aromatic N) is 2. The molecule has 0 aliphatic carbocycles. The summed E-state index contributed by atoms with van der Waals surface area (Å²) in [7, 11) is 0. The molecule has 0 fully saturated rings. The Hall–Kier alpha value is -2.14. The van der Waals surface area contributed by atoms with Crippen molar-refractivity contribution in [1.82, 2.24) is 15.3 Å². The summed E-state index contributed by atoms with van der Waals surface area (Å²) in [6.07, 6.45) is 3.29. The lowest BCUT2D eigenvalue weighted by Gasteiger charge is -2.15. The predicted molar refractivity (Wildman–Crippen MR) is 78.8 cm³/mol. The Kier molecular flexibility index (Phi) is 4.53. The van der Waals surface area contributed by atoms with Gasteiger partial charge in [0.2, 0.25) is 0 Å². The van der Waals surface area contributed by atoms with Crippen LogP contribution in [0.5, 0.6) is 0 Å². The summed E-state index contributed by atoms with van der Waals surface area (Å²) in [4.78, 5) is 20.2. The Balaban J connectivity index is 2.01. The molecule has 2 amide bonds. The molecule has 2 heterocycles. The average molecular weight is 291 g/mol. The molecule has 0 spiro atoms. The number of nitrogens with one attached hydrogen (secondary N) is 2. The van der Waals surface area contributed by atoms with Gasteiger partial charge in [-0.2, -0.15) is 0 Å². The number of rotatable bonds is 3.